The van der Waals surface area contributed by atoms with Crippen molar-refractivity contribution in [2.45, 2.75) is 75.5 Å². The number of hydrogen-bond donors (Lipinski definition) is 2. The Bertz CT molecular complexity index is 479. The van der Waals surface area contributed by atoms with Crippen molar-refractivity contribution in [1.82, 2.24) is 10.2 Å². The van der Waals surface area contributed by atoms with Crippen LogP contribution in [0.25, 0.3) is 0 Å². The number of amides is 1. The van der Waals surface area contributed by atoms with Gasteiger partial charge < -0.3 is 20.5 Å². The Morgan fingerprint density at radius 1 is 1.04 bits per heavy atom. The highest BCUT2D eigenvalue weighted by Gasteiger charge is 2.44. The van der Waals surface area contributed by atoms with Crippen molar-refractivity contribution in [2.24, 2.45) is 5.73 Å². The lowest BCUT2D eigenvalue weighted by Crippen LogP contribution is -2.65. The molecular weight excluding hydrogens is 389 g/mol. The number of hydrogen-bond acceptors (Lipinski definition) is 5. The minimum atomic E-state index is -0.765. The second kappa shape index (κ2) is 10.1. The molecule has 8 heteroatoms. The maximum atomic E-state index is 12.8. The molecule has 1 saturated carbocycles. The third-order valence-electron chi connectivity index (χ3n) is 6.30. The van der Waals surface area contributed by atoms with Crippen molar-refractivity contribution >= 4 is 30.7 Å². The SMILES string of the molecule is CC1(C)CN(C2(CNC(=O)C3(N)CCOCC3)CCCCC2)CCO1.Cl.Cl. The number of carbonyl (C=O) groups is 1. The van der Waals surface area contributed by atoms with Gasteiger partial charge >= 0.3 is 0 Å². The van der Waals surface area contributed by atoms with Gasteiger partial charge in [0.2, 0.25) is 5.91 Å². The first-order valence-electron chi connectivity index (χ1n) is 9.89. The maximum Gasteiger partial charge on any atom is 0.240 e. The summed E-state index contributed by atoms with van der Waals surface area (Å²) in [6.07, 6.45) is 7.26. The molecule has 3 aliphatic rings. The predicted octanol–water partition coefficient (Wildman–Crippen LogP) is 2.27. The number of morpholine rings is 1. The molecule has 0 atom stereocenters. The van der Waals surface area contributed by atoms with Gasteiger partial charge in [-0.1, -0.05) is 19.3 Å². The van der Waals surface area contributed by atoms with E-state index in [4.69, 9.17) is 15.2 Å². The van der Waals surface area contributed by atoms with Crippen LogP contribution >= 0.6 is 24.8 Å². The minimum absolute atomic E-state index is 0. The molecule has 0 spiro atoms. The summed E-state index contributed by atoms with van der Waals surface area (Å²) >= 11 is 0. The largest absolute Gasteiger partial charge is 0.381 e. The van der Waals surface area contributed by atoms with E-state index in [9.17, 15) is 4.79 Å². The van der Waals surface area contributed by atoms with Crippen LogP contribution in [-0.2, 0) is 14.3 Å². The summed E-state index contributed by atoms with van der Waals surface area (Å²) < 4.78 is 11.3. The van der Waals surface area contributed by atoms with Crippen LogP contribution in [0, 0.1) is 0 Å². The molecular formula is C19H37Cl2N3O3. The molecule has 2 heterocycles. The standard InChI is InChI=1S/C19H35N3O3.2ClH/c1-17(2)15-22(10-13-25-17)18(6-4-3-5-7-18)14-21-16(23)19(20)8-11-24-12-9-19;;/h3-15,20H2,1-2H3,(H,21,23);2*1H. The summed E-state index contributed by atoms with van der Waals surface area (Å²) in [6, 6.07) is 0. The summed E-state index contributed by atoms with van der Waals surface area (Å²) in [5.74, 6) is -0.00623. The van der Waals surface area contributed by atoms with Crippen molar-refractivity contribution in [3.05, 3.63) is 0 Å². The number of nitrogens with zero attached hydrogens (tertiary/aromatic N) is 1. The highest BCUT2D eigenvalue weighted by molar-refractivity contribution is 5.86. The van der Waals surface area contributed by atoms with Gasteiger partial charge in [0.1, 0.15) is 0 Å². The molecule has 6 nitrogen and oxygen atoms in total. The van der Waals surface area contributed by atoms with Gasteiger partial charge in [0.15, 0.2) is 0 Å². The van der Waals surface area contributed by atoms with Crippen LogP contribution in [0.1, 0.15) is 58.8 Å². The minimum Gasteiger partial charge on any atom is -0.381 e. The Morgan fingerprint density at radius 2 is 1.67 bits per heavy atom. The van der Waals surface area contributed by atoms with Crippen molar-refractivity contribution in [2.75, 3.05) is 39.5 Å². The van der Waals surface area contributed by atoms with Gasteiger partial charge in [-0.05, 0) is 39.5 Å². The Kier molecular flexibility index (Phi) is 9.31. The zero-order chi connectivity index (χ0) is 18.0. The first kappa shape index (κ1) is 24.9. The van der Waals surface area contributed by atoms with E-state index in [1.54, 1.807) is 0 Å². The number of rotatable bonds is 4. The van der Waals surface area contributed by atoms with Gasteiger partial charge in [-0.25, -0.2) is 0 Å². The van der Waals surface area contributed by atoms with Crippen LogP contribution in [-0.4, -0.2) is 66.9 Å². The molecule has 0 radical (unpaired) electrons. The molecule has 1 aliphatic carbocycles. The Balaban J connectivity index is 0.00000182. The molecule has 0 bridgehead atoms. The van der Waals surface area contributed by atoms with E-state index < -0.39 is 5.54 Å². The molecule has 0 aromatic rings. The predicted molar refractivity (Wildman–Crippen MR) is 112 cm³/mol. The van der Waals surface area contributed by atoms with Crippen LogP contribution in [0.2, 0.25) is 0 Å². The van der Waals surface area contributed by atoms with E-state index >= 15 is 0 Å². The molecule has 0 unspecified atom stereocenters. The fraction of sp³-hybridized carbons (Fsp3) is 0.947. The zero-order valence-electron chi connectivity index (χ0n) is 16.8. The quantitative estimate of drug-likeness (QED) is 0.721. The number of ether oxygens (including phenoxy) is 2. The fourth-order valence-corrected chi connectivity index (χ4v) is 4.62. The van der Waals surface area contributed by atoms with Gasteiger partial charge in [-0.15, -0.1) is 24.8 Å². The smallest absolute Gasteiger partial charge is 0.240 e. The van der Waals surface area contributed by atoms with Crippen molar-refractivity contribution in [3.8, 4) is 0 Å². The molecule has 27 heavy (non-hydrogen) atoms. The average Bonchev–Trinajstić information content (AvgIpc) is 2.60. The van der Waals surface area contributed by atoms with Crippen molar-refractivity contribution in [1.29, 1.82) is 0 Å². The van der Waals surface area contributed by atoms with Gasteiger partial charge in [0, 0.05) is 38.4 Å². The third kappa shape index (κ3) is 5.94. The van der Waals surface area contributed by atoms with Crippen LogP contribution in [0.15, 0.2) is 0 Å². The summed E-state index contributed by atoms with van der Waals surface area (Å²) in [7, 11) is 0. The van der Waals surface area contributed by atoms with Crippen molar-refractivity contribution in [3.63, 3.8) is 0 Å². The molecule has 0 aromatic carbocycles. The zero-order valence-corrected chi connectivity index (χ0v) is 18.4. The van der Waals surface area contributed by atoms with Crippen LogP contribution in [0.3, 0.4) is 0 Å². The van der Waals surface area contributed by atoms with Gasteiger partial charge in [0.05, 0.1) is 17.7 Å². The van der Waals surface area contributed by atoms with E-state index in [2.05, 4.69) is 24.1 Å². The van der Waals surface area contributed by atoms with Gasteiger partial charge in [-0.2, -0.15) is 0 Å². The maximum absolute atomic E-state index is 12.8. The molecule has 0 aromatic heterocycles. The molecule has 3 fully saturated rings. The topological polar surface area (TPSA) is 76.8 Å². The first-order valence-corrected chi connectivity index (χ1v) is 9.89. The summed E-state index contributed by atoms with van der Waals surface area (Å²) in [5.41, 5.74) is 5.52. The van der Waals surface area contributed by atoms with E-state index in [0.29, 0.717) is 32.6 Å². The Morgan fingerprint density at radius 3 is 2.26 bits per heavy atom. The van der Waals surface area contributed by atoms with Gasteiger partial charge in [-0.3, -0.25) is 9.69 Å². The fourth-order valence-electron chi connectivity index (χ4n) is 4.62. The van der Waals surface area contributed by atoms with Crippen LogP contribution < -0.4 is 11.1 Å². The summed E-state index contributed by atoms with van der Waals surface area (Å²) in [5, 5.41) is 3.23. The number of nitrogens with two attached hydrogens (primary N) is 1. The monoisotopic (exact) mass is 425 g/mol. The summed E-state index contributed by atoms with van der Waals surface area (Å²) in [6.45, 7) is 8.80. The van der Waals surface area contributed by atoms with Crippen molar-refractivity contribution < 1.29 is 14.3 Å². The average molecular weight is 426 g/mol. The van der Waals surface area contributed by atoms with Gasteiger partial charge in [0.25, 0.3) is 0 Å². The lowest BCUT2D eigenvalue weighted by Gasteiger charge is -2.51. The number of nitrogens with one attached hydrogen (secondary N) is 1. The number of halogens is 2. The second-order valence-electron chi connectivity index (χ2n) is 8.77. The van der Waals surface area contributed by atoms with Crippen LogP contribution in [0.4, 0.5) is 0 Å². The number of carbonyl (C=O) groups excluding carboxylic acids is 1. The first-order chi connectivity index (χ1) is 11.9. The molecule has 1 amide bonds. The van der Waals surface area contributed by atoms with E-state index in [-0.39, 0.29) is 41.9 Å². The highest BCUT2D eigenvalue weighted by atomic mass is 35.5. The van der Waals surface area contributed by atoms with Crippen LogP contribution in [0.5, 0.6) is 0 Å². The molecule has 2 saturated heterocycles. The highest BCUT2D eigenvalue weighted by Crippen LogP contribution is 2.36. The lowest BCUT2D eigenvalue weighted by molar-refractivity contribution is -0.134. The van der Waals surface area contributed by atoms with E-state index in [1.807, 2.05) is 0 Å². The normalized spacial score (nSPS) is 26.9. The Hall–Kier alpha value is -0.110. The Labute approximate surface area is 176 Å². The molecule has 3 N–H and O–H groups in total. The molecule has 2 aliphatic heterocycles. The van der Waals surface area contributed by atoms with E-state index in [1.165, 1.54) is 19.3 Å². The lowest BCUT2D eigenvalue weighted by atomic mass is 9.78. The molecule has 160 valence electrons. The second-order valence-corrected chi connectivity index (χ2v) is 8.77. The summed E-state index contributed by atoms with van der Waals surface area (Å²) in [4.78, 5) is 15.4. The molecule has 3 rings (SSSR count). The van der Waals surface area contributed by atoms with E-state index in [0.717, 1.165) is 32.5 Å². The third-order valence-corrected chi connectivity index (χ3v) is 6.30.